The van der Waals surface area contributed by atoms with Crippen LogP contribution in [0.25, 0.3) is 0 Å². The molecule has 0 unspecified atom stereocenters. The zero-order valence-electron chi connectivity index (χ0n) is 3.75. The molecule has 7 heavy (non-hydrogen) atoms. The smallest absolute Gasteiger partial charge is 0.270 e. The van der Waals surface area contributed by atoms with Gasteiger partial charge in [-0.05, 0) is 0 Å². The largest absolute Gasteiger partial charge is 0.292 e. The maximum Gasteiger partial charge on any atom is 0.270 e. The molecule has 0 amide bonds. The average Bonchev–Trinajstić information content (AvgIpc) is 1.68. The molecule has 0 aromatic heterocycles. The summed E-state index contributed by atoms with van der Waals surface area (Å²) < 4.78 is 10.2. The van der Waals surface area contributed by atoms with E-state index in [4.69, 9.17) is 10.5 Å². The summed E-state index contributed by atoms with van der Waals surface area (Å²) in [5.41, 5.74) is 0. The number of rotatable bonds is 0. The molecule has 0 spiro atoms. The molecule has 0 aliphatic rings. The van der Waals surface area contributed by atoms with E-state index in [-0.39, 0.29) is 0 Å². The first-order valence-electron chi connectivity index (χ1n) is 1.52. The van der Waals surface area contributed by atoms with E-state index in [9.17, 15) is 4.57 Å². The molecule has 0 aliphatic carbocycles. The minimum atomic E-state index is -3.04. The third kappa shape index (κ3) is 1.98. The van der Waals surface area contributed by atoms with Gasteiger partial charge < -0.3 is 0 Å². The zero-order valence-corrected chi connectivity index (χ0v) is 4.64. The van der Waals surface area contributed by atoms with Crippen molar-refractivity contribution in [1.82, 2.24) is 0 Å². The van der Waals surface area contributed by atoms with E-state index < -0.39 is 7.14 Å². The Balaban J connectivity index is 4.34. The van der Waals surface area contributed by atoms with Gasteiger partial charge in [-0.1, -0.05) is 0 Å². The van der Waals surface area contributed by atoms with Crippen molar-refractivity contribution in [3.8, 4) is 11.6 Å². The maximum atomic E-state index is 10.2. The molecule has 0 aromatic carbocycles. The van der Waals surface area contributed by atoms with Gasteiger partial charge in [-0.2, -0.15) is 10.5 Å². The molecular weight excluding hydrogens is 111 g/mol. The van der Waals surface area contributed by atoms with E-state index in [1.807, 2.05) is 0 Å². The second kappa shape index (κ2) is 1.78. The van der Waals surface area contributed by atoms with E-state index in [0.29, 0.717) is 0 Å². The number of nitriles is 2. The fraction of sp³-hybridized carbons (Fsp3) is 0.333. The predicted octanol–water partition coefficient (Wildman–Crippen LogP) is 0.941. The van der Waals surface area contributed by atoms with Gasteiger partial charge in [0.25, 0.3) is 7.14 Å². The van der Waals surface area contributed by atoms with E-state index in [2.05, 4.69) is 0 Å². The van der Waals surface area contributed by atoms with Crippen LogP contribution in [0.5, 0.6) is 0 Å². The molecule has 0 radical (unpaired) electrons. The number of hydrogen-bond donors (Lipinski definition) is 0. The fourth-order valence-electron chi connectivity index (χ4n) is 0.0224. The molecular formula is C3H3N2OP. The summed E-state index contributed by atoms with van der Waals surface area (Å²) in [5.74, 6) is 2.77. The van der Waals surface area contributed by atoms with Crippen LogP contribution in [0.3, 0.4) is 0 Å². The summed E-state index contributed by atoms with van der Waals surface area (Å²) in [5, 5.41) is 15.7. The standard InChI is InChI=1S/C3H3N2OP/c1-7(6,2-4)3-5/h1H3. The van der Waals surface area contributed by atoms with Crippen LogP contribution in [-0.2, 0) is 4.57 Å². The van der Waals surface area contributed by atoms with Crippen LogP contribution < -0.4 is 0 Å². The monoisotopic (exact) mass is 114 g/mol. The highest BCUT2D eigenvalue weighted by Gasteiger charge is 2.08. The molecule has 0 heterocycles. The van der Waals surface area contributed by atoms with Gasteiger partial charge in [-0.3, -0.25) is 4.57 Å². The highest BCUT2D eigenvalue weighted by atomic mass is 31.2. The highest BCUT2D eigenvalue weighted by molar-refractivity contribution is 7.72. The lowest BCUT2D eigenvalue weighted by Gasteiger charge is -1.78. The molecule has 0 saturated heterocycles. The van der Waals surface area contributed by atoms with Crippen molar-refractivity contribution in [1.29, 1.82) is 10.5 Å². The van der Waals surface area contributed by atoms with E-state index in [0.717, 1.165) is 6.66 Å². The van der Waals surface area contributed by atoms with Gasteiger partial charge in [0.05, 0.1) is 0 Å². The van der Waals surface area contributed by atoms with Crippen LogP contribution in [0.15, 0.2) is 0 Å². The molecule has 0 atom stereocenters. The second-order valence-electron chi connectivity index (χ2n) is 1.12. The van der Waals surface area contributed by atoms with Crippen LogP contribution >= 0.6 is 7.14 Å². The molecule has 0 saturated carbocycles. The molecule has 36 valence electrons. The summed E-state index contributed by atoms with van der Waals surface area (Å²) >= 11 is 0. The molecule has 0 aliphatic heterocycles. The first-order valence-corrected chi connectivity index (χ1v) is 3.68. The molecule has 3 nitrogen and oxygen atoms in total. The molecule has 0 bridgehead atoms. The Bertz CT molecular complexity index is 166. The molecule has 0 rings (SSSR count). The van der Waals surface area contributed by atoms with Crippen LogP contribution in [0, 0.1) is 22.1 Å². The third-order valence-corrected chi connectivity index (χ3v) is 1.14. The predicted molar refractivity (Wildman–Crippen MR) is 24.8 cm³/mol. The van der Waals surface area contributed by atoms with Crippen molar-refractivity contribution < 1.29 is 4.57 Å². The quantitative estimate of drug-likeness (QED) is 0.440. The van der Waals surface area contributed by atoms with Crippen molar-refractivity contribution in [3.63, 3.8) is 0 Å². The topological polar surface area (TPSA) is 64.7 Å². The summed E-state index contributed by atoms with van der Waals surface area (Å²) in [7, 11) is -3.04. The Morgan fingerprint density at radius 2 is 1.71 bits per heavy atom. The number of hydrogen-bond acceptors (Lipinski definition) is 3. The van der Waals surface area contributed by atoms with Crippen LogP contribution in [0.2, 0.25) is 0 Å². The van der Waals surface area contributed by atoms with Gasteiger partial charge in [0, 0.05) is 6.66 Å². The Labute approximate surface area is 41.5 Å². The zero-order chi connectivity index (χ0) is 5.91. The third-order valence-electron chi connectivity index (χ3n) is 0.382. The van der Waals surface area contributed by atoms with E-state index >= 15 is 0 Å². The maximum absolute atomic E-state index is 10.2. The number of nitrogens with zero attached hydrogens (tertiary/aromatic N) is 2. The van der Waals surface area contributed by atoms with Gasteiger partial charge in [-0.15, -0.1) is 0 Å². The lowest BCUT2D eigenvalue weighted by atomic mass is 11.7. The highest BCUT2D eigenvalue weighted by Crippen LogP contribution is 2.36. The van der Waals surface area contributed by atoms with Crippen molar-refractivity contribution in [2.45, 2.75) is 0 Å². The summed E-state index contributed by atoms with van der Waals surface area (Å²) in [6.07, 6.45) is 0. The summed E-state index contributed by atoms with van der Waals surface area (Å²) in [6, 6.07) is 0. The van der Waals surface area contributed by atoms with Crippen LogP contribution in [-0.4, -0.2) is 6.66 Å². The van der Waals surface area contributed by atoms with E-state index in [1.165, 1.54) is 11.6 Å². The van der Waals surface area contributed by atoms with Crippen LogP contribution in [0.4, 0.5) is 0 Å². The van der Waals surface area contributed by atoms with Crippen molar-refractivity contribution in [3.05, 3.63) is 0 Å². The minimum absolute atomic E-state index is 1.13. The SMILES string of the molecule is CP(=O)(C#N)C#N. The van der Waals surface area contributed by atoms with Gasteiger partial charge in [0.15, 0.2) is 0 Å². The Morgan fingerprint density at radius 3 is 1.71 bits per heavy atom. The molecule has 0 fully saturated rings. The first-order chi connectivity index (χ1) is 3.12. The van der Waals surface area contributed by atoms with Crippen LogP contribution in [0.1, 0.15) is 0 Å². The first kappa shape index (κ1) is 6.21. The summed E-state index contributed by atoms with van der Waals surface area (Å²) in [4.78, 5) is 0. The van der Waals surface area contributed by atoms with Gasteiger partial charge >= 0.3 is 0 Å². The average molecular weight is 114 g/mol. The van der Waals surface area contributed by atoms with Crippen molar-refractivity contribution >= 4 is 7.14 Å². The minimum Gasteiger partial charge on any atom is -0.292 e. The van der Waals surface area contributed by atoms with Gasteiger partial charge in [-0.25, -0.2) is 0 Å². The Morgan fingerprint density at radius 1 is 1.43 bits per heavy atom. The Kier molecular flexibility index (Phi) is 1.58. The lowest BCUT2D eigenvalue weighted by molar-refractivity contribution is 0.591. The second-order valence-corrected chi connectivity index (χ2v) is 3.37. The normalized spacial score (nSPS) is 9.00. The summed E-state index contributed by atoms with van der Waals surface area (Å²) in [6.45, 7) is 1.13. The molecule has 0 aromatic rings. The van der Waals surface area contributed by atoms with Crippen molar-refractivity contribution in [2.24, 2.45) is 0 Å². The Hall–Kier alpha value is -0.790. The molecule has 0 N–H and O–H groups in total. The molecule has 4 heteroatoms. The van der Waals surface area contributed by atoms with Gasteiger partial charge in [0.2, 0.25) is 0 Å². The van der Waals surface area contributed by atoms with E-state index in [1.54, 1.807) is 0 Å². The van der Waals surface area contributed by atoms with Gasteiger partial charge in [0.1, 0.15) is 11.6 Å². The van der Waals surface area contributed by atoms with Crippen molar-refractivity contribution in [2.75, 3.05) is 6.66 Å². The fourth-order valence-corrected chi connectivity index (χ4v) is 0.0671. The lowest BCUT2D eigenvalue weighted by Crippen LogP contribution is -1.61.